The van der Waals surface area contributed by atoms with Gasteiger partial charge < -0.3 is 0 Å². The summed E-state index contributed by atoms with van der Waals surface area (Å²) in [4.78, 5) is 0. The van der Waals surface area contributed by atoms with Gasteiger partial charge in [0.25, 0.3) is 0 Å². The van der Waals surface area contributed by atoms with Crippen molar-refractivity contribution in [3.63, 3.8) is 0 Å². The summed E-state index contributed by atoms with van der Waals surface area (Å²) in [6, 6.07) is 0. The van der Waals surface area contributed by atoms with E-state index in [1.807, 2.05) is 0 Å². The van der Waals surface area contributed by atoms with Crippen molar-refractivity contribution in [1.82, 2.24) is 0 Å². The van der Waals surface area contributed by atoms with Crippen molar-refractivity contribution in [3.05, 3.63) is 0 Å². The summed E-state index contributed by atoms with van der Waals surface area (Å²) < 4.78 is 0. The zero-order chi connectivity index (χ0) is 8.27. The molecule has 0 saturated heterocycles. The van der Waals surface area contributed by atoms with Gasteiger partial charge in [-0.2, -0.15) is 0 Å². The van der Waals surface area contributed by atoms with Crippen molar-refractivity contribution in [2.75, 3.05) is 12.8 Å². The Kier molecular flexibility index (Phi) is 3.59. The summed E-state index contributed by atoms with van der Waals surface area (Å²) in [5.74, 6) is 2.06. The first kappa shape index (κ1) is 9.26. The third-order valence-electron chi connectivity index (χ3n) is 2.72. The first-order valence-corrected chi connectivity index (χ1v) is 6.86. The van der Waals surface area contributed by atoms with Crippen LogP contribution in [0.4, 0.5) is 0 Å². The zero-order valence-electron chi connectivity index (χ0n) is 7.84. The molecule has 1 aliphatic carbocycles. The molecule has 0 radical (unpaired) electrons. The van der Waals surface area contributed by atoms with E-state index in [2.05, 4.69) is 19.9 Å². The minimum Gasteiger partial charge on any atom is -0.0625 e. The second-order valence-corrected chi connectivity index (χ2v) is 6.31. The SMILES string of the molecule is C=[P+](C)CCC1CCC(C)C1. The molecule has 0 heterocycles. The van der Waals surface area contributed by atoms with Gasteiger partial charge >= 0.3 is 0 Å². The van der Waals surface area contributed by atoms with Gasteiger partial charge in [0, 0.05) is 0 Å². The van der Waals surface area contributed by atoms with Crippen LogP contribution in [0.2, 0.25) is 0 Å². The number of hydrogen-bond acceptors (Lipinski definition) is 0. The van der Waals surface area contributed by atoms with Gasteiger partial charge in [0.05, 0.1) is 20.5 Å². The third kappa shape index (κ3) is 3.38. The van der Waals surface area contributed by atoms with E-state index in [0.717, 1.165) is 11.8 Å². The van der Waals surface area contributed by atoms with E-state index < -0.39 is 0 Å². The first-order valence-electron chi connectivity index (χ1n) is 4.70. The molecule has 0 aromatic carbocycles. The summed E-state index contributed by atoms with van der Waals surface area (Å²) in [5.41, 5.74) is 0. The average molecular weight is 171 g/mol. The molecule has 0 aliphatic heterocycles. The summed E-state index contributed by atoms with van der Waals surface area (Å²) in [5, 5.41) is 0. The normalized spacial score (nSPS) is 32.4. The fourth-order valence-electron chi connectivity index (χ4n) is 1.99. The Labute approximate surface area is 71.8 Å². The van der Waals surface area contributed by atoms with Crippen molar-refractivity contribution >= 4 is 13.8 Å². The minimum absolute atomic E-state index is 0.119. The highest BCUT2D eigenvalue weighted by atomic mass is 31.1. The smallest absolute Gasteiger partial charge is 0.0625 e. The van der Waals surface area contributed by atoms with Crippen molar-refractivity contribution < 1.29 is 0 Å². The lowest BCUT2D eigenvalue weighted by Gasteiger charge is -2.04. The maximum Gasteiger partial charge on any atom is 0.106 e. The highest BCUT2D eigenvalue weighted by Gasteiger charge is 2.21. The molecular formula is C10H20P+. The van der Waals surface area contributed by atoms with Crippen LogP contribution in [-0.4, -0.2) is 19.1 Å². The van der Waals surface area contributed by atoms with Crippen molar-refractivity contribution in [2.45, 2.75) is 32.6 Å². The van der Waals surface area contributed by atoms with Gasteiger partial charge in [0.2, 0.25) is 0 Å². The van der Waals surface area contributed by atoms with Crippen LogP contribution in [0, 0.1) is 11.8 Å². The van der Waals surface area contributed by atoms with Gasteiger partial charge in [-0.3, -0.25) is 0 Å². The highest BCUT2D eigenvalue weighted by Crippen LogP contribution is 2.34. The van der Waals surface area contributed by atoms with Crippen molar-refractivity contribution in [3.8, 4) is 0 Å². The van der Waals surface area contributed by atoms with E-state index in [1.165, 1.54) is 31.8 Å². The summed E-state index contributed by atoms with van der Waals surface area (Å²) in [7, 11) is 0.119. The Balaban J connectivity index is 2.13. The van der Waals surface area contributed by atoms with E-state index in [4.69, 9.17) is 0 Å². The topological polar surface area (TPSA) is 0 Å². The van der Waals surface area contributed by atoms with Crippen LogP contribution in [0.5, 0.6) is 0 Å². The molecule has 0 bridgehead atoms. The van der Waals surface area contributed by atoms with Crippen LogP contribution in [0.15, 0.2) is 0 Å². The van der Waals surface area contributed by atoms with Crippen LogP contribution in [-0.2, 0) is 0 Å². The number of rotatable bonds is 3. The first-order chi connectivity index (χ1) is 5.18. The minimum atomic E-state index is 0.119. The quantitative estimate of drug-likeness (QED) is 0.571. The molecule has 0 aromatic heterocycles. The van der Waals surface area contributed by atoms with E-state index in [9.17, 15) is 0 Å². The molecule has 3 atom stereocenters. The molecule has 1 rings (SSSR count). The Morgan fingerprint density at radius 1 is 1.45 bits per heavy atom. The lowest BCUT2D eigenvalue weighted by Crippen LogP contribution is -1.95. The van der Waals surface area contributed by atoms with Gasteiger partial charge in [-0.05, 0) is 24.7 Å². The molecule has 64 valence electrons. The Bertz CT molecular complexity index is 140. The predicted octanol–water partition coefficient (Wildman–Crippen LogP) is 3.36. The monoisotopic (exact) mass is 171 g/mol. The van der Waals surface area contributed by atoms with Crippen molar-refractivity contribution in [2.24, 2.45) is 11.8 Å². The van der Waals surface area contributed by atoms with Crippen LogP contribution in [0.3, 0.4) is 0 Å². The van der Waals surface area contributed by atoms with E-state index in [0.29, 0.717) is 0 Å². The molecule has 1 aliphatic rings. The molecule has 1 saturated carbocycles. The Hall–Kier alpha value is 0.170. The molecule has 0 N–H and O–H groups in total. The zero-order valence-corrected chi connectivity index (χ0v) is 8.74. The summed E-state index contributed by atoms with van der Waals surface area (Å²) >= 11 is 0. The third-order valence-corrected chi connectivity index (χ3v) is 3.74. The Morgan fingerprint density at radius 2 is 2.18 bits per heavy atom. The lowest BCUT2D eigenvalue weighted by atomic mass is 10.0. The second kappa shape index (κ2) is 4.26. The molecule has 0 aromatic rings. The molecule has 0 nitrogen and oxygen atoms in total. The van der Waals surface area contributed by atoms with E-state index >= 15 is 0 Å². The van der Waals surface area contributed by atoms with Crippen LogP contribution < -0.4 is 0 Å². The Morgan fingerprint density at radius 3 is 2.64 bits per heavy atom. The lowest BCUT2D eigenvalue weighted by molar-refractivity contribution is 0.504. The standard InChI is InChI=1S/C10H20P/c1-9-4-5-10(8-9)6-7-11(2)3/h9-10H,2,4-8H2,1,3H3/q+1. The molecule has 0 amide bonds. The summed E-state index contributed by atoms with van der Waals surface area (Å²) in [6.07, 6.45) is 11.4. The molecular weight excluding hydrogens is 151 g/mol. The molecule has 3 unspecified atom stereocenters. The van der Waals surface area contributed by atoms with Crippen LogP contribution in [0.25, 0.3) is 0 Å². The fraction of sp³-hybridized carbons (Fsp3) is 0.900. The van der Waals surface area contributed by atoms with E-state index in [-0.39, 0.29) is 7.55 Å². The van der Waals surface area contributed by atoms with Gasteiger partial charge in [-0.1, -0.05) is 19.8 Å². The van der Waals surface area contributed by atoms with Crippen LogP contribution >= 0.6 is 7.55 Å². The van der Waals surface area contributed by atoms with Crippen LogP contribution in [0.1, 0.15) is 32.6 Å². The van der Waals surface area contributed by atoms with Gasteiger partial charge in [-0.15, -0.1) is 0 Å². The molecule has 1 heteroatoms. The predicted molar refractivity (Wildman–Crippen MR) is 56.0 cm³/mol. The maximum absolute atomic E-state index is 4.08. The summed E-state index contributed by atoms with van der Waals surface area (Å²) in [6.45, 7) is 4.67. The largest absolute Gasteiger partial charge is 0.106 e. The van der Waals surface area contributed by atoms with E-state index in [1.54, 1.807) is 0 Å². The molecule has 1 fully saturated rings. The van der Waals surface area contributed by atoms with Gasteiger partial charge in [0.1, 0.15) is 6.16 Å². The van der Waals surface area contributed by atoms with Gasteiger partial charge in [-0.25, -0.2) is 0 Å². The van der Waals surface area contributed by atoms with Crippen molar-refractivity contribution in [1.29, 1.82) is 0 Å². The number of hydrogen-bond donors (Lipinski definition) is 0. The molecule has 11 heavy (non-hydrogen) atoms. The van der Waals surface area contributed by atoms with Gasteiger partial charge in [0.15, 0.2) is 0 Å². The highest BCUT2D eigenvalue weighted by molar-refractivity contribution is 7.54. The fourth-order valence-corrected chi connectivity index (χ4v) is 2.80. The molecule has 0 spiro atoms. The second-order valence-electron chi connectivity index (χ2n) is 4.15. The average Bonchev–Trinajstić information content (AvgIpc) is 2.31. The maximum atomic E-state index is 4.08.